The van der Waals surface area contributed by atoms with E-state index in [0.29, 0.717) is 69.5 Å². The largest absolute Gasteiger partial charge is 0.490 e. The lowest BCUT2D eigenvalue weighted by Crippen LogP contribution is -2.38. The Balaban J connectivity index is 0.878. The van der Waals surface area contributed by atoms with Crippen LogP contribution in [0.1, 0.15) is 49.7 Å². The van der Waals surface area contributed by atoms with Gasteiger partial charge in [0.1, 0.15) is 12.1 Å². The van der Waals surface area contributed by atoms with Crippen molar-refractivity contribution in [1.29, 1.82) is 0 Å². The van der Waals surface area contributed by atoms with Gasteiger partial charge < -0.3 is 34.9 Å². The molecule has 2 heterocycles. The molecule has 3 N–H and O–H groups in total. The molecule has 2 saturated carbocycles. The number of sulfonamides is 1. The molecule has 2 aromatic carbocycles. The predicted molar refractivity (Wildman–Crippen MR) is 214 cm³/mol. The van der Waals surface area contributed by atoms with E-state index >= 15 is 0 Å². The minimum atomic E-state index is -3.81. The number of carbonyl (C=O) groups excluding carboxylic acids is 2. The molecule has 17 heteroatoms. The first-order valence-corrected chi connectivity index (χ1v) is 21.0. The molecule has 2 fully saturated rings. The fourth-order valence-corrected chi connectivity index (χ4v) is 7.51. The van der Waals surface area contributed by atoms with Crippen LogP contribution >= 0.6 is 11.6 Å². The van der Waals surface area contributed by atoms with Gasteiger partial charge in [-0.25, -0.2) is 27.3 Å². The average molecular weight is 824 g/mol. The van der Waals surface area contributed by atoms with Crippen molar-refractivity contribution in [3.8, 4) is 16.9 Å². The third kappa shape index (κ3) is 12.0. The van der Waals surface area contributed by atoms with Gasteiger partial charge in [-0.05, 0) is 80.0 Å². The number of urea groups is 1. The van der Waals surface area contributed by atoms with Gasteiger partial charge in [-0.3, -0.25) is 9.55 Å². The van der Waals surface area contributed by atoms with E-state index in [-0.39, 0.29) is 36.2 Å². The lowest BCUT2D eigenvalue weighted by Gasteiger charge is -2.22. The number of hydrogen-bond donors (Lipinski definition) is 3. The Kier molecular flexibility index (Phi) is 14.9. The van der Waals surface area contributed by atoms with Gasteiger partial charge in [0.15, 0.2) is 0 Å². The number of nitrogens with zero attached hydrogens (tertiary/aromatic N) is 4. The van der Waals surface area contributed by atoms with Crippen LogP contribution in [-0.4, -0.2) is 105 Å². The Labute approximate surface area is 338 Å². The fraction of sp³-hybridized carbons (Fsp3) is 0.450. The van der Waals surface area contributed by atoms with Gasteiger partial charge in [-0.2, -0.15) is 0 Å². The van der Waals surface area contributed by atoms with Crippen LogP contribution < -0.4 is 20.7 Å². The number of imidazole rings is 1. The number of nitrogens with one attached hydrogen (secondary N) is 3. The summed E-state index contributed by atoms with van der Waals surface area (Å²) in [6.45, 7) is 2.81. The standard InChI is InChI=1S/C40H50ClN7O8S/c1-47(20-5-4-15-44-38(49)45-18-22-53-24-25-54-23-19-46-39(50)48-21-17-43-29-48)57(51,52)32-10-11-36(41)30(26-32)28-55-40(13-14-40)35-27-42-16-12-33(35)34-6-2-3-7-37(34)56-31-8-9-31/h2-3,6-7,10-12,16-17,21,26-27,29,31H,4-5,8-9,13-15,18-20,22-25,28H2,1H3,(H,46,50)(H2,44,45,49). The number of aromatic nitrogens is 3. The summed E-state index contributed by atoms with van der Waals surface area (Å²) in [5.41, 5.74) is 2.99. The highest BCUT2D eigenvalue weighted by molar-refractivity contribution is 7.89. The molecule has 2 aromatic heterocycles. The molecule has 2 aliphatic rings. The van der Waals surface area contributed by atoms with Crippen LogP contribution in [0.4, 0.5) is 9.59 Å². The smallest absolute Gasteiger partial charge is 0.326 e. The zero-order chi connectivity index (χ0) is 40.1. The second kappa shape index (κ2) is 20.2. The Bertz CT molecular complexity index is 2040. The van der Waals surface area contributed by atoms with Crippen LogP contribution in [0.25, 0.3) is 11.1 Å². The topological polar surface area (TPSA) is 175 Å². The van der Waals surface area contributed by atoms with Gasteiger partial charge in [-0.15, -0.1) is 0 Å². The molecule has 3 amide bonds. The van der Waals surface area contributed by atoms with Crippen molar-refractivity contribution in [2.75, 3.05) is 59.7 Å². The number of ether oxygens (including phenoxy) is 4. The van der Waals surface area contributed by atoms with E-state index in [4.69, 9.17) is 30.5 Å². The molecule has 0 spiro atoms. The lowest BCUT2D eigenvalue weighted by molar-refractivity contribution is 0.0173. The summed E-state index contributed by atoms with van der Waals surface area (Å²) in [5, 5.41) is 8.62. The summed E-state index contributed by atoms with van der Waals surface area (Å²) in [6, 6.07) is 14.1. The van der Waals surface area contributed by atoms with Crippen molar-refractivity contribution in [3.05, 3.63) is 95.8 Å². The number of hydrogen-bond acceptors (Lipinski definition) is 10. The molecule has 2 aliphatic carbocycles. The molecular weight excluding hydrogens is 774 g/mol. The molecule has 0 saturated heterocycles. The highest BCUT2D eigenvalue weighted by atomic mass is 35.5. The normalized spacial score (nSPS) is 14.6. The van der Waals surface area contributed by atoms with E-state index in [1.54, 1.807) is 31.6 Å². The fourth-order valence-electron chi connectivity index (χ4n) is 6.08. The number of carbonyl (C=O) groups is 2. The van der Waals surface area contributed by atoms with Crippen molar-refractivity contribution in [2.45, 2.75) is 61.7 Å². The van der Waals surface area contributed by atoms with Crippen molar-refractivity contribution in [2.24, 2.45) is 0 Å². The van der Waals surface area contributed by atoms with Gasteiger partial charge in [0.2, 0.25) is 10.0 Å². The van der Waals surface area contributed by atoms with Crippen LogP contribution in [0, 0.1) is 0 Å². The third-order valence-corrected chi connectivity index (χ3v) is 11.8. The highest BCUT2D eigenvalue weighted by Crippen LogP contribution is 2.53. The second-order valence-electron chi connectivity index (χ2n) is 13.9. The number of pyridine rings is 1. The van der Waals surface area contributed by atoms with E-state index < -0.39 is 15.6 Å². The van der Waals surface area contributed by atoms with Crippen molar-refractivity contribution < 1.29 is 37.0 Å². The summed E-state index contributed by atoms with van der Waals surface area (Å²) in [7, 11) is -2.27. The summed E-state index contributed by atoms with van der Waals surface area (Å²) in [6.07, 6.45) is 13.2. The highest BCUT2D eigenvalue weighted by Gasteiger charge is 2.48. The summed E-state index contributed by atoms with van der Waals surface area (Å²) in [5.74, 6) is 0.844. The molecule has 4 aromatic rings. The Morgan fingerprint density at radius 1 is 0.912 bits per heavy atom. The van der Waals surface area contributed by atoms with Gasteiger partial charge in [0.05, 0.1) is 49.6 Å². The number of amides is 3. The van der Waals surface area contributed by atoms with Gasteiger partial charge in [0, 0.05) is 74.2 Å². The molecular formula is C40H50ClN7O8S. The summed E-state index contributed by atoms with van der Waals surface area (Å²) >= 11 is 6.58. The zero-order valence-electron chi connectivity index (χ0n) is 32.0. The van der Waals surface area contributed by atoms with Gasteiger partial charge in [-0.1, -0.05) is 29.8 Å². The number of para-hydroxylation sites is 1. The minimum Gasteiger partial charge on any atom is -0.490 e. The van der Waals surface area contributed by atoms with E-state index in [2.05, 4.69) is 32.0 Å². The molecule has 0 unspecified atom stereocenters. The minimum absolute atomic E-state index is 0.130. The maximum atomic E-state index is 13.5. The first kappa shape index (κ1) is 42.0. The van der Waals surface area contributed by atoms with E-state index in [9.17, 15) is 18.0 Å². The lowest BCUT2D eigenvalue weighted by atomic mass is 9.96. The quantitative estimate of drug-likeness (QED) is 0.0829. The third-order valence-electron chi connectivity index (χ3n) is 9.59. The van der Waals surface area contributed by atoms with Crippen LogP contribution in [0.5, 0.6) is 5.75 Å². The maximum absolute atomic E-state index is 13.5. The molecule has 0 radical (unpaired) electrons. The molecule has 0 atom stereocenters. The van der Waals surface area contributed by atoms with Crippen molar-refractivity contribution in [1.82, 2.24) is 34.8 Å². The summed E-state index contributed by atoms with van der Waals surface area (Å²) in [4.78, 5) is 32.3. The van der Waals surface area contributed by atoms with Crippen LogP contribution in [0.3, 0.4) is 0 Å². The number of benzene rings is 2. The molecule has 306 valence electrons. The number of rotatable bonds is 23. The number of unbranched alkanes of at least 4 members (excludes halogenated alkanes) is 1. The van der Waals surface area contributed by atoms with Crippen molar-refractivity contribution in [3.63, 3.8) is 0 Å². The Morgan fingerprint density at radius 3 is 2.40 bits per heavy atom. The maximum Gasteiger partial charge on any atom is 0.326 e. The number of halogens is 1. The first-order valence-electron chi connectivity index (χ1n) is 19.2. The SMILES string of the molecule is CN(CCCCNC(=O)NCCOCCOCCNC(=O)n1ccnc1)S(=O)(=O)c1ccc(Cl)c(COC2(c3cnccc3-c3ccccc3OC3CC3)CC2)c1. The molecule has 57 heavy (non-hydrogen) atoms. The molecule has 6 rings (SSSR count). The van der Waals surface area contributed by atoms with Crippen LogP contribution in [0.15, 0.2) is 84.5 Å². The first-order chi connectivity index (χ1) is 27.7. The van der Waals surface area contributed by atoms with E-state index in [1.165, 1.54) is 27.5 Å². The second-order valence-corrected chi connectivity index (χ2v) is 16.4. The zero-order valence-corrected chi connectivity index (χ0v) is 33.6. The predicted octanol–water partition coefficient (Wildman–Crippen LogP) is 5.34. The van der Waals surface area contributed by atoms with E-state index in [1.807, 2.05) is 30.5 Å². The van der Waals surface area contributed by atoms with Crippen LogP contribution in [-0.2, 0) is 36.4 Å². The Morgan fingerprint density at radius 2 is 1.67 bits per heavy atom. The van der Waals surface area contributed by atoms with Crippen LogP contribution in [0.2, 0.25) is 5.02 Å². The Hall–Kier alpha value is -4.58. The van der Waals surface area contributed by atoms with Gasteiger partial charge >= 0.3 is 12.1 Å². The molecule has 0 aliphatic heterocycles. The summed E-state index contributed by atoms with van der Waals surface area (Å²) < 4.78 is 53.4. The average Bonchev–Trinajstić information content (AvgIpc) is 4.14. The molecule has 15 nitrogen and oxygen atoms in total. The van der Waals surface area contributed by atoms with Crippen molar-refractivity contribution >= 4 is 33.7 Å². The monoisotopic (exact) mass is 823 g/mol. The van der Waals surface area contributed by atoms with E-state index in [0.717, 1.165) is 48.1 Å². The van der Waals surface area contributed by atoms with Gasteiger partial charge in [0.25, 0.3) is 0 Å². The molecule has 0 bridgehead atoms.